The molecular formula is C21H28N2O. The molecule has 0 aliphatic heterocycles. The van der Waals surface area contributed by atoms with Gasteiger partial charge in [0.1, 0.15) is 12.4 Å². The van der Waals surface area contributed by atoms with Crippen molar-refractivity contribution < 1.29 is 4.74 Å². The third kappa shape index (κ3) is 5.54. The first kappa shape index (κ1) is 18.3. The quantitative estimate of drug-likeness (QED) is 0.515. The summed E-state index contributed by atoms with van der Waals surface area (Å²) in [6.07, 6.45) is 9.85. The average molecular weight is 324 g/mol. The molecule has 1 unspecified atom stereocenters. The summed E-state index contributed by atoms with van der Waals surface area (Å²) in [5.74, 6) is 1.35. The van der Waals surface area contributed by atoms with Crippen LogP contribution in [-0.4, -0.2) is 31.1 Å². The molecule has 2 rings (SSSR count). The molecule has 0 fully saturated rings. The van der Waals surface area contributed by atoms with E-state index in [0.29, 0.717) is 12.5 Å². The number of allylic oxidation sites excluding steroid dienone is 4. The lowest BCUT2D eigenvalue weighted by Crippen LogP contribution is -2.27. The van der Waals surface area contributed by atoms with Crippen LogP contribution >= 0.6 is 0 Å². The fraction of sp³-hybridized carbons (Fsp3) is 0.476. The second kappa shape index (κ2) is 9.95. The van der Waals surface area contributed by atoms with E-state index in [9.17, 15) is 5.26 Å². The summed E-state index contributed by atoms with van der Waals surface area (Å²) in [7, 11) is 0. The van der Waals surface area contributed by atoms with Gasteiger partial charge in [-0.05, 0) is 68.1 Å². The van der Waals surface area contributed by atoms with Crippen molar-refractivity contribution in [1.82, 2.24) is 4.90 Å². The van der Waals surface area contributed by atoms with Crippen LogP contribution < -0.4 is 4.74 Å². The highest BCUT2D eigenvalue weighted by molar-refractivity contribution is 5.77. The summed E-state index contributed by atoms with van der Waals surface area (Å²) in [6, 6.07) is 10.2. The van der Waals surface area contributed by atoms with Gasteiger partial charge in [-0.15, -0.1) is 0 Å². The standard InChI is InChI=1S/C21H28N2O/c1-3-23(4-2)14-15-24-21-12-10-19(11-13-21)20(17-22)16-18-8-6-5-7-9-18/h5-6,10-13,16,18H,3-4,7-9,14-15H2,1-2H3/b20-16+. The third-order valence-electron chi connectivity index (χ3n) is 4.57. The van der Waals surface area contributed by atoms with E-state index in [2.05, 4.69) is 43.0 Å². The Morgan fingerprint density at radius 2 is 2.00 bits per heavy atom. The number of ether oxygens (including phenoxy) is 1. The fourth-order valence-electron chi connectivity index (χ4n) is 2.97. The normalized spacial score (nSPS) is 17.8. The molecule has 0 heterocycles. The number of rotatable bonds is 8. The number of nitriles is 1. The van der Waals surface area contributed by atoms with E-state index < -0.39 is 0 Å². The van der Waals surface area contributed by atoms with Crippen molar-refractivity contribution in [2.24, 2.45) is 5.92 Å². The summed E-state index contributed by atoms with van der Waals surface area (Å²) in [5, 5.41) is 9.46. The molecule has 1 aromatic carbocycles. The van der Waals surface area contributed by atoms with Gasteiger partial charge in [0.25, 0.3) is 0 Å². The van der Waals surface area contributed by atoms with Gasteiger partial charge >= 0.3 is 0 Å². The molecule has 0 aromatic heterocycles. The SMILES string of the molecule is CCN(CC)CCOc1ccc(/C(C#N)=C/C2CC=CCC2)cc1. The van der Waals surface area contributed by atoms with E-state index in [1.165, 1.54) is 0 Å². The zero-order chi connectivity index (χ0) is 17.2. The van der Waals surface area contributed by atoms with E-state index in [0.717, 1.165) is 55.8 Å². The fourth-order valence-corrected chi connectivity index (χ4v) is 2.97. The topological polar surface area (TPSA) is 36.3 Å². The van der Waals surface area contributed by atoms with Gasteiger partial charge in [0.05, 0.1) is 11.6 Å². The molecule has 0 spiro atoms. The lowest BCUT2D eigenvalue weighted by Gasteiger charge is -2.18. The van der Waals surface area contributed by atoms with Crippen LogP contribution in [0.4, 0.5) is 0 Å². The molecule has 1 aliphatic rings. The molecule has 0 bridgehead atoms. The summed E-state index contributed by atoms with van der Waals surface area (Å²) in [5.41, 5.74) is 1.74. The van der Waals surface area contributed by atoms with Crippen LogP contribution in [0.15, 0.2) is 42.5 Å². The first-order valence-electron chi connectivity index (χ1n) is 8.99. The summed E-state index contributed by atoms with van der Waals surface area (Å²) in [4.78, 5) is 2.34. The molecule has 0 N–H and O–H groups in total. The minimum Gasteiger partial charge on any atom is -0.492 e. The van der Waals surface area contributed by atoms with Gasteiger partial charge in [0.15, 0.2) is 0 Å². The van der Waals surface area contributed by atoms with Gasteiger partial charge in [-0.25, -0.2) is 0 Å². The van der Waals surface area contributed by atoms with Gasteiger partial charge in [-0.3, -0.25) is 0 Å². The summed E-state index contributed by atoms with van der Waals surface area (Å²) >= 11 is 0. The van der Waals surface area contributed by atoms with Crippen LogP contribution in [0.3, 0.4) is 0 Å². The van der Waals surface area contributed by atoms with E-state index in [1.807, 2.05) is 24.3 Å². The molecule has 3 heteroatoms. The van der Waals surface area contributed by atoms with Crippen molar-refractivity contribution in [3.63, 3.8) is 0 Å². The molecule has 24 heavy (non-hydrogen) atoms. The van der Waals surface area contributed by atoms with Crippen LogP contribution in [0.2, 0.25) is 0 Å². The molecule has 0 saturated carbocycles. The second-order valence-electron chi connectivity index (χ2n) is 6.14. The van der Waals surface area contributed by atoms with Crippen LogP contribution in [0.5, 0.6) is 5.75 Å². The Morgan fingerprint density at radius 3 is 2.58 bits per heavy atom. The molecule has 1 atom stereocenters. The zero-order valence-electron chi connectivity index (χ0n) is 14.9. The number of hydrogen-bond acceptors (Lipinski definition) is 3. The third-order valence-corrected chi connectivity index (χ3v) is 4.57. The lowest BCUT2D eigenvalue weighted by atomic mass is 9.91. The molecule has 0 radical (unpaired) electrons. The monoisotopic (exact) mass is 324 g/mol. The lowest BCUT2D eigenvalue weighted by molar-refractivity contribution is 0.223. The molecule has 3 nitrogen and oxygen atoms in total. The van der Waals surface area contributed by atoms with E-state index in [1.54, 1.807) is 0 Å². The number of nitrogens with zero attached hydrogens (tertiary/aromatic N) is 2. The Labute approximate surface area is 146 Å². The Balaban J connectivity index is 1.93. The highest BCUT2D eigenvalue weighted by Gasteiger charge is 2.10. The predicted octanol–water partition coefficient (Wildman–Crippen LogP) is 4.67. The number of benzene rings is 1. The van der Waals surface area contributed by atoms with Gasteiger partial charge in [0, 0.05) is 6.54 Å². The van der Waals surface area contributed by atoms with Gasteiger partial charge < -0.3 is 9.64 Å². The van der Waals surface area contributed by atoms with E-state index in [-0.39, 0.29) is 0 Å². The largest absolute Gasteiger partial charge is 0.492 e. The summed E-state index contributed by atoms with van der Waals surface area (Å²) in [6.45, 7) is 8.05. The molecule has 128 valence electrons. The minimum absolute atomic E-state index is 0.481. The van der Waals surface area contributed by atoms with Crippen LogP contribution in [0, 0.1) is 17.2 Å². The maximum atomic E-state index is 9.46. The van der Waals surface area contributed by atoms with Crippen molar-refractivity contribution in [3.8, 4) is 11.8 Å². The Morgan fingerprint density at radius 1 is 1.25 bits per heavy atom. The van der Waals surface area contributed by atoms with Crippen molar-refractivity contribution >= 4 is 5.57 Å². The van der Waals surface area contributed by atoms with Crippen LogP contribution in [-0.2, 0) is 0 Å². The first-order valence-corrected chi connectivity index (χ1v) is 8.99. The summed E-state index contributed by atoms with van der Waals surface area (Å²) < 4.78 is 5.81. The zero-order valence-corrected chi connectivity index (χ0v) is 14.9. The van der Waals surface area contributed by atoms with Crippen molar-refractivity contribution in [3.05, 3.63) is 48.1 Å². The first-order chi connectivity index (χ1) is 11.8. The molecule has 1 aromatic rings. The molecule has 0 amide bonds. The van der Waals surface area contributed by atoms with E-state index in [4.69, 9.17) is 4.74 Å². The minimum atomic E-state index is 0.481. The maximum Gasteiger partial charge on any atom is 0.119 e. The average Bonchev–Trinajstić information content (AvgIpc) is 2.65. The van der Waals surface area contributed by atoms with Crippen molar-refractivity contribution in [2.75, 3.05) is 26.2 Å². The van der Waals surface area contributed by atoms with Crippen LogP contribution in [0.1, 0.15) is 38.7 Å². The highest BCUT2D eigenvalue weighted by Crippen LogP contribution is 2.25. The molecule has 1 aliphatic carbocycles. The van der Waals surface area contributed by atoms with E-state index >= 15 is 0 Å². The number of hydrogen-bond donors (Lipinski definition) is 0. The highest BCUT2D eigenvalue weighted by atomic mass is 16.5. The second-order valence-corrected chi connectivity index (χ2v) is 6.14. The Bertz CT molecular complexity index is 591. The molecular weight excluding hydrogens is 296 g/mol. The van der Waals surface area contributed by atoms with Gasteiger partial charge in [-0.1, -0.05) is 32.1 Å². The predicted molar refractivity (Wildman–Crippen MR) is 99.8 cm³/mol. The van der Waals surface area contributed by atoms with Crippen LogP contribution in [0.25, 0.3) is 5.57 Å². The van der Waals surface area contributed by atoms with Crippen molar-refractivity contribution in [1.29, 1.82) is 5.26 Å². The Kier molecular flexibility index (Phi) is 7.58. The Hall–Kier alpha value is -2.05. The smallest absolute Gasteiger partial charge is 0.119 e. The van der Waals surface area contributed by atoms with Gasteiger partial charge in [0.2, 0.25) is 0 Å². The molecule has 0 saturated heterocycles. The van der Waals surface area contributed by atoms with Gasteiger partial charge in [-0.2, -0.15) is 5.26 Å². The number of likely N-dealkylation sites (N-methyl/N-ethyl adjacent to an activating group) is 1. The van der Waals surface area contributed by atoms with Crippen molar-refractivity contribution in [2.45, 2.75) is 33.1 Å². The maximum absolute atomic E-state index is 9.46.